The molecule has 0 bridgehead atoms. The van der Waals surface area contributed by atoms with Crippen LogP contribution < -0.4 is 10.9 Å². The van der Waals surface area contributed by atoms with Crippen molar-refractivity contribution in [1.82, 2.24) is 15.8 Å². The second-order valence-corrected chi connectivity index (χ2v) is 8.36. The lowest BCUT2D eigenvalue weighted by atomic mass is 10.1. The molecule has 0 aliphatic heterocycles. The summed E-state index contributed by atoms with van der Waals surface area (Å²) in [6, 6.07) is 0. The monoisotopic (exact) mass is 331 g/mol. The molecule has 0 radical (unpaired) electrons. The Balaban J connectivity index is 4.44. The van der Waals surface area contributed by atoms with Crippen LogP contribution in [0.2, 0.25) is 0 Å². The Kier molecular flexibility index (Phi) is 7.34. The van der Waals surface area contributed by atoms with Crippen LogP contribution in [0.3, 0.4) is 0 Å². The molecule has 0 saturated heterocycles. The molecule has 0 aliphatic rings. The third-order valence-electron chi connectivity index (χ3n) is 2.47. The first kappa shape index (κ1) is 21.5. The number of hydrogen-bond acceptors (Lipinski definition) is 5. The van der Waals surface area contributed by atoms with Crippen molar-refractivity contribution in [1.29, 1.82) is 0 Å². The topological polar surface area (TPSA) is 79.9 Å². The Morgan fingerprint density at radius 3 is 1.74 bits per heavy atom. The van der Waals surface area contributed by atoms with Crippen LogP contribution in [0, 0.1) is 0 Å². The van der Waals surface area contributed by atoms with E-state index in [0.717, 1.165) is 0 Å². The standard InChI is InChI=1S/C16H33N3O4/c1-14(2,3)19(13(21)23-16(7,8)9)11-10-17-18-12(20)22-15(4,5)6/h17H,10-11H2,1-9H3,(H,18,20). The highest BCUT2D eigenvalue weighted by Gasteiger charge is 2.30. The number of nitrogens with zero attached hydrogens (tertiary/aromatic N) is 1. The summed E-state index contributed by atoms with van der Waals surface area (Å²) in [6.07, 6.45) is -0.943. The average molecular weight is 331 g/mol. The summed E-state index contributed by atoms with van der Waals surface area (Å²) in [5.74, 6) is 0. The normalized spacial score (nSPS) is 12.6. The van der Waals surface area contributed by atoms with E-state index in [9.17, 15) is 9.59 Å². The van der Waals surface area contributed by atoms with Crippen LogP contribution >= 0.6 is 0 Å². The van der Waals surface area contributed by atoms with Gasteiger partial charge in [0.1, 0.15) is 11.2 Å². The lowest BCUT2D eigenvalue weighted by Crippen LogP contribution is -2.52. The number of carbonyl (C=O) groups is 2. The van der Waals surface area contributed by atoms with Crippen LogP contribution in [-0.2, 0) is 9.47 Å². The Morgan fingerprint density at radius 1 is 0.870 bits per heavy atom. The first-order valence-corrected chi connectivity index (χ1v) is 7.84. The Labute approximate surface area is 140 Å². The fourth-order valence-electron chi connectivity index (χ4n) is 1.62. The first-order valence-electron chi connectivity index (χ1n) is 7.84. The van der Waals surface area contributed by atoms with Crippen molar-refractivity contribution in [3.05, 3.63) is 0 Å². The Bertz CT molecular complexity index is 403. The molecule has 0 aromatic rings. The number of amides is 2. The minimum Gasteiger partial charge on any atom is -0.444 e. The maximum absolute atomic E-state index is 12.3. The maximum Gasteiger partial charge on any atom is 0.422 e. The number of nitrogens with one attached hydrogen (secondary N) is 2. The van der Waals surface area contributed by atoms with E-state index in [2.05, 4.69) is 10.9 Å². The zero-order valence-electron chi connectivity index (χ0n) is 16.0. The minimum absolute atomic E-state index is 0.371. The van der Waals surface area contributed by atoms with Gasteiger partial charge in [-0.1, -0.05) is 0 Å². The third-order valence-corrected chi connectivity index (χ3v) is 2.47. The predicted molar refractivity (Wildman–Crippen MR) is 90.1 cm³/mol. The van der Waals surface area contributed by atoms with Crippen molar-refractivity contribution >= 4 is 12.2 Å². The Morgan fingerprint density at radius 2 is 1.35 bits per heavy atom. The predicted octanol–water partition coefficient (Wildman–Crippen LogP) is 3.05. The summed E-state index contributed by atoms with van der Waals surface area (Å²) in [5.41, 5.74) is 3.70. The molecule has 7 heteroatoms. The third kappa shape index (κ3) is 10.8. The van der Waals surface area contributed by atoms with Crippen LogP contribution in [0.4, 0.5) is 9.59 Å². The van der Waals surface area contributed by atoms with Crippen molar-refractivity contribution in [3.63, 3.8) is 0 Å². The highest BCUT2D eigenvalue weighted by Crippen LogP contribution is 2.17. The van der Waals surface area contributed by atoms with Crippen LogP contribution in [0.5, 0.6) is 0 Å². The largest absolute Gasteiger partial charge is 0.444 e. The van der Waals surface area contributed by atoms with E-state index in [0.29, 0.717) is 13.1 Å². The second kappa shape index (κ2) is 7.86. The van der Waals surface area contributed by atoms with Gasteiger partial charge in [-0.15, -0.1) is 0 Å². The van der Waals surface area contributed by atoms with Gasteiger partial charge < -0.3 is 14.4 Å². The highest BCUT2D eigenvalue weighted by molar-refractivity contribution is 5.69. The molecule has 2 N–H and O–H groups in total. The molecular weight excluding hydrogens is 298 g/mol. The zero-order chi connectivity index (χ0) is 18.5. The van der Waals surface area contributed by atoms with Gasteiger partial charge in [-0.2, -0.15) is 0 Å². The van der Waals surface area contributed by atoms with Gasteiger partial charge in [-0.3, -0.25) is 5.43 Å². The molecule has 0 saturated carbocycles. The number of hydrazine groups is 1. The van der Waals surface area contributed by atoms with Crippen molar-refractivity contribution < 1.29 is 19.1 Å². The van der Waals surface area contributed by atoms with Gasteiger partial charge in [0.15, 0.2) is 0 Å². The van der Waals surface area contributed by atoms with E-state index in [1.165, 1.54) is 0 Å². The van der Waals surface area contributed by atoms with E-state index in [1.807, 2.05) is 41.5 Å². The summed E-state index contributed by atoms with van der Waals surface area (Å²) >= 11 is 0. The van der Waals surface area contributed by atoms with Crippen LogP contribution in [-0.4, -0.2) is 46.9 Å². The zero-order valence-corrected chi connectivity index (χ0v) is 16.0. The number of ether oxygens (including phenoxy) is 2. The quantitative estimate of drug-likeness (QED) is 0.611. The molecule has 0 aliphatic carbocycles. The molecule has 0 aromatic heterocycles. The molecular formula is C16H33N3O4. The van der Waals surface area contributed by atoms with E-state index in [4.69, 9.17) is 9.47 Å². The molecule has 0 atom stereocenters. The fourth-order valence-corrected chi connectivity index (χ4v) is 1.62. The van der Waals surface area contributed by atoms with Gasteiger partial charge >= 0.3 is 12.2 Å². The smallest absolute Gasteiger partial charge is 0.422 e. The Hall–Kier alpha value is -1.50. The molecule has 23 heavy (non-hydrogen) atoms. The molecule has 0 unspecified atom stereocenters. The van der Waals surface area contributed by atoms with Gasteiger partial charge in [-0.05, 0) is 62.3 Å². The molecule has 0 spiro atoms. The van der Waals surface area contributed by atoms with Gasteiger partial charge in [0, 0.05) is 18.6 Å². The van der Waals surface area contributed by atoms with E-state index in [1.54, 1.807) is 25.7 Å². The van der Waals surface area contributed by atoms with Crippen molar-refractivity contribution in [2.24, 2.45) is 0 Å². The van der Waals surface area contributed by atoms with Crippen molar-refractivity contribution in [2.45, 2.75) is 79.1 Å². The fraction of sp³-hybridized carbons (Fsp3) is 0.875. The minimum atomic E-state index is -0.558. The summed E-state index contributed by atoms with van der Waals surface area (Å²) in [4.78, 5) is 25.4. The molecule has 0 fully saturated rings. The first-order chi connectivity index (χ1) is 10.1. The molecule has 0 rings (SSSR count). The van der Waals surface area contributed by atoms with Crippen molar-refractivity contribution in [2.75, 3.05) is 13.1 Å². The van der Waals surface area contributed by atoms with Gasteiger partial charge in [-0.25, -0.2) is 15.0 Å². The lowest BCUT2D eigenvalue weighted by Gasteiger charge is -2.36. The lowest BCUT2D eigenvalue weighted by molar-refractivity contribution is 0.00638. The van der Waals surface area contributed by atoms with Gasteiger partial charge in [0.25, 0.3) is 0 Å². The molecule has 7 nitrogen and oxygen atoms in total. The highest BCUT2D eigenvalue weighted by atomic mass is 16.6. The number of rotatable bonds is 4. The summed E-state index contributed by atoms with van der Waals surface area (Å²) in [5, 5.41) is 0. The molecule has 2 amide bonds. The molecule has 0 heterocycles. The van der Waals surface area contributed by atoms with Crippen LogP contribution in [0.15, 0.2) is 0 Å². The average Bonchev–Trinajstić information content (AvgIpc) is 2.21. The van der Waals surface area contributed by atoms with Gasteiger partial charge in [0.05, 0.1) is 0 Å². The summed E-state index contributed by atoms with van der Waals surface area (Å²) in [7, 11) is 0. The van der Waals surface area contributed by atoms with E-state index in [-0.39, 0.29) is 6.09 Å². The number of carbonyl (C=O) groups excluding carboxylic acids is 2. The number of hydrogen-bond donors (Lipinski definition) is 2. The van der Waals surface area contributed by atoms with Crippen molar-refractivity contribution in [3.8, 4) is 0 Å². The second-order valence-electron chi connectivity index (χ2n) is 8.36. The SMILES string of the molecule is CC(C)(C)OC(=O)NNCCN(C(=O)OC(C)(C)C)C(C)(C)C. The van der Waals surface area contributed by atoms with E-state index >= 15 is 0 Å². The van der Waals surface area contributed by atoms with E-state index < -0.39 is 22.8 Å². The molecule has 136 valence electrons. The maximum atomic E-state index is 12.3. The molecule has 0 aromatic carbocycles. The summed E-state index contributed by atoms with van der Waals surface area (Å²) < 4.78 is 10.5. The van der Waals surface area contributed by atoms with Gasteiger partial charge in [0.2, 0.25) is 0 Å². The van der Waals surface area contributed by atoms with Crippen LogP contribution in [0.1, 0.15) is 62.3 Å². The van der Waals surface area contributed by atoms with Crippen LogP contribution in [0.25, 0.3) is 0 Å². The summed E-state index contributed by atoms with van der Waals surface area (Å²) in [6.45, 7) is 17.4.